The fraction of sp³-hybridized carbons (Fsp3) is 0.375. The number of carbonyl (C=O) groups is 2. The predicted molar refractivity (Wildman–Crippen MR) is 76.6 cm³/mol. The fourth-order valence-corrected chi connectivity index (χ4v) is 3.37. The molecule has 0 radical (unpaired) electrons. The van der Waals surface area contributed by atoms with Gasteiger partial charge in [0.2, 0.25) is 0 Å². The maximum Gasteiger partial charge on any atom is 0.327 e. The first kappa shape index (κ1) is 13.3. The largest absolute Gasteiger partial charge is 0.459 e. The van der Waals surface area contributed by atoms with Crippen molar-refractivity contribution in [1.82, 2.24) is 9.80 Å². The van der Waals surface area contributed by atoms with E-state index in [-0.39, 0.29) is 30.3 Å². The zero-order valence-corrected chi connectivity index (χ0v) is 12.1. The molecule has 2 saturated heterocycles. The van der Waals surface area contributed by atoms with Crippen LogP contribution >= 0.6 is 0 Å². The molecule has 0 aliphatic carbocycles. The molecule has 2 fully saturated rings. The summed E-state index contributed by atoms with van der Waals surface area (Å²) in [7, 11) is 0. The van der Waals surface area contributed by atoms with E-state index in [0.29, 0.717) is 23.3 Å². The number of halogens is 1. The maximum atomic E-state index is 13.3. The number of amides is 3. The number of nitrogens with zero attached hydrogens (tertiary/aromatic N) is 2. The topological polar surface area (TPSA) is 53.8 Å². The predicted octanol–water partition coefficient (Wildman–Crippen LogP) is 2.81. The van der Waals surface area contributed by atoms with Crippen LogP contribution in [0.25, 0.3) is 11.0 Å². The second-order valence-corrected chi connectivity index (χ2v) is 5.85. The van der Waals surface area contributed by atoms with Crippen molar-refractivity contribution in [3.05, 3.63) is 35.3 Å². The van der Waals surface area contributed by atoms with Crippen molar-refractivity contribution in [3.8, 4) is 0 Å². The van der Waals surface area contributed by atoms with Crippen molar-refractivity contribution in [2.45, 2.75) is 32.4 Å². The normalized spacial score (nSPS) is 21.3. The van der Waals surface area contributed by atoms with Crippen LogP contribution in [0.5, 0.6) is 0 Å². The monoisotopic (exact) mass is 302 g/mol. The van der Waals surface area contributed by atoms with E-state index in [4.69, 9.17) is 4.42 Å². The van der Waals surface area contributed by atoms with Gasteiger partial charge in [0.05, 0.1) is 6.54 Å². The number of aryl methyl sites for hydroxylation is 1. The average molecular weight is 302 g/mol. The Labute approximate surface area is 126 Å². The molecule has 2 aromatic rings. The third-order valence-corrected chi connectivity index (χ3v) is 4.58. The molecule has 0 unspecified atom stereocenters. The molecule has 3 heterocycles. The van der Waals surface area contributed by atoms with Gasteiger partial charge in [-0.25, -0.2) is 9.18 Å². The number of fused-ring (bicyclic) bond motifs is 2. The van der Waals surface area contributed by atoms with Gasteiger partial charge >= 0.3 is 6.03 Å². The van der Waals surface area contributed by atoms with Crippen LogP contribution in [-0.2, 0) is 11.3 Å². The van der Waals surface area contributed by atoms with Crippen LogP contribution in [0, 0.1) is 12.7 Å². The van der Waals surface area contributed by atoms with Gasteiger partial charge in [0, 0.05) is 17.5 Å². The number of hydrogen-bond donors (Lipinski definition) is 0. The lowest BCUT2D eigenvalue weighted by atomic mass is 10.1. The van der Waals surface area contributed by atoms with Crippen LogP contribution in [0.4, 0.5) is 9.18 Å². The van der Waals surface area contributed by atoms with Crippen LogP contribution < -0.4 is 0 Å². The van der Waals surface area contributed by atoms with Gasteiger partial charge in [-0.1, -0.05) is 0 Å². The number of furan rings is 1. The van der Waals surface area contributed by atoms with Crippen LogP contribution in [0.15, 0.2) is 22.6 Å². The number of hydrogen-bond acceptors (Lipinski definition) is 3. The molecule has 0 saturated carbocycles. The van der Waals surface area contributed by atoms with Gasteiger partial charge in [0.15, 0.2) is 0 Å². The lowest BCUT2D eigenvalue weighted by Gasteiger charge is -2.14. The van der Waals surface area contributed by atoms with Crippen LogP contribution in [0.3, 0.4) is 0 Å². The quantitative estimate of drug-likeness (QED) is 0.802. The van der Waals surface area contributed by atoms with Gasteiger partial charge in [-0.05, 0) is 38.0 Å². The molecule has 2 aliphatic heterocycles. The maximum absolute atomic E-state index is 13.3. The van der Waals surface area contributed by atoms with Gasteiger partial charge in [-0.15, -0.1) is 0 Å². The first-order valence-electron chi connectivity index (χ1n) is 7.36. The summed E-state index contributed by atoms with van der Waals surface area (Å²) in [5.41, 5.74) is 1.33. The zero-order valence-electron chi connectivity index (χ0n) is 12.1. The molecule has 4 rings (SSSR count). The van der Waals surface area contributed by atoms with Crippen molar-refractivity contribution < 1.29 is 18.4 Å². The molecule has 0 spiro atoms. The standard InChI is InChI=1S/C16H15FN2O3/c1-9-11-7-10(17)4-5-13(11)22-14(9)8-19-15(20)12-3-2-6-18(12)16(19)21/h4-5,7,12H,2-3,6,8H2,1H3/t12-/m1/s1. The first-order valence-corrected chi connectivity index (χ1v) is 7.36. The van der Waals surface area contributed by atoms with E-state index in [2.05, 4.69) is 0 Å². The number of carbonyl (C=O) groups excluding carboxylic acids is 2. The molecule has 114 valence electrons. The third-order valence-electron chi connectivity index (χ3n) is 4.58. The number of urea groups is 1. The summed E-state index contributed by atoms with van der Waals surface area (Å²) in [5.74, 6) is 0.0360. The minimum Gasteiger partial charge on any atom is -0.459 e. The zero-order chi connectivity index (χ0) is 15.4. The highest BCUT2D eigenvalue weighted by Crippen LogP contribution is 2.31. The Hall–Kier alpha value is -2.37. The first-order chi connectivity index (χ1) is 10.6. The molecule has 0 N–H and O–H groups in total. The SMILES string of the molecule is Cc1c(CN2C(=O)[C@H]3CCCN3C2=O)oc2ccc(F)cc12. The highest BCUT2D eigenvalue weighted by atomic mass is 19.1. The Bertz CT molecular complexity index is 776. The van der Waals surface area contributed by atoms with Crippen molar-refractivity contribution in [3.63, 3.8) is 0 Å². The molecule has 1 aromatic carbocycles. The molecular weight excluding hydrogens is 287 g/mol. The molecule has 3 amide bonds. The highest BCUT2D eigenvalue weighted by molar-refractivity contribution is 6.04. The summed E-state index contributed by atoms with van der Waals surface area (Å²) in [6.07, 6.45) is 1.60. The molecule has 6 heteroatoms. The minimum absolute atomic E-state index is 0.104. The average Bonchev–Trinajstić information content (AvgIpc) is 3.14. The van der Waals surface area contributed by atoms with Crippen molar-refractivity contribution in [2.24, 2.45) is 0 Å². The van der Waals surface area contributed by atoms with Gasteiger partial charge in [0.1, 0.15) is 23.2 Å². The lowest BCUT2D eigenvalue weighted by Crippen LogP contribution is -2.32. The Kier molecular flexibility index (Phi) is 2.76. The third kappa shape index (κ3) is 1.76. The van der Waals surface area contributed by atoms with Crippen molar-refractivity contribution in [2.75, 3.05) is 6.54 Å². The van der Waals surface area contributed by atoms with Gasteiger partial charge < -0.3 is 9.32 Å². The Balaban J connectivity index is 1.68. The molecule has 0 bridgehead atoms. The fourth-order valence-electron chi connectivity index (χ4n) is 3.37. The van der Waals surface area contributed by atoms with Gasteiger partial charge in [0.25, 0.3) is 5.91 Å². The summed E-state index contributed by atoms with van der Waals surface area (Å²) in [4.78, 5) is 27.5. The summed E-state index contributed by atoms with van der Waals surface area (Å²) < 4.78 is 19.0. The van der Waals surface area contributed by atoms with E-state index in [1.165, 1.54) is 17.0 Å². The number of imide groups is 1. The molecule has 1 atom stereocenters. The van der Waals surface area contributed by atoms with Gasteiger partial charge in [-0.2, -0.15) is 0 Å². The second-order valence-electron chi connectivity index (χ2n) is 5.85. The second kappa shape index (κ2) is 4.56. The molecule has 5 nitrogen and oxygen atoms in total. The Morgan fingerprint density at radius 1 is 1.36 bits per heavy atom. The Morgan fingerprint density at radius 3 is 2.95 bits per heavy atom. The summed E-state index contributed by atoms with van der Waals surface area (Å²) in [6, 6.07) is 3.74. The van der Waals surface area contributed by atoms with Gasteiger partial charge in [-0.3, -0.25) is 9.69 Å². The summed E-state index contributed by atoms with van der Waals surface area (Å²) >= 11 is 0. The molecular formula is C16H15FN2O3. The van der Waals surface area contributed by atoms with E-state index in [0.717, 1.165) is 18.4 Å². The van der Waals surface area contributed by atoms with Crippen LogP contribution in [-0.4, -0.2) is 34.3 Å². The van der Waals surface area contributed by atoms with E-state index < -0.39 is 0 Å². The summed E-state index contributed by atoms with van der Waals surface area (Å²) in [6.45, 7) is 2.55. The Morgan fingerprint density at radius 2 is 2.18 bits per heavy atom. The highest BCUT2D eigenvalue weighted by Gasteiger charge is 2.47. The molecule has 2 aliphatic rings. The summed E-state index contributed by atoms with van der Waals surface area (Å²) in [5, 5.41) is 0.676. The van der Waals surface area contributed by atoms with E-state index >= 15 is 0 Å². The van der Waals surface area contributed by atoms with Crippen LogP contribution in [0.2, 0.25) is 0 Å². The molecule has 1 aromatic heterocycles. The van der Waals surface area contributed by atoms with Crippen LogP contribution in [0.1, 0.15) is 24.2 Å². The molecule has 22 heavy (non-hydrogen) atoms. The lowest BCUT2D eigenvalue weighted by molar-refractivity contribution is -0.128. The van der Waals surface area contributed by atoms with E-state index in [1.54, 1.807) is 11.0 Å². The number of rotatable bonds is 2. The van der Waals surface area contributed by atoms with E-state index in [9.17, 15) is 14.0 Å². The van der Waals surface area contributed by atoms with Crippen molar-refractivity contribution >= 4 is 22.9 Å². The minimum atomic E-state index is -0.336. The van der Waals surface area contributed by atoms with E-state index in [1.807, 2.05) is 6.92 Å². The smallest absolute Gasteiger partial charge is 0.327 e. The number of benzene rings is 1. The van der Waals surface area contributed by atoms with Crippen molar-refractivity contribution in [1.29, 1.82) is 0 Å².